The number of aromatic hydroxyl groups is 1. The second-order valence-corrected chi connectivity index (χ2v) is 6.48. The Bertz CT molecular complexity index is 943. The molecule has 26 heavy (non-hydrogen) atoms. The second kappa shape index (κ2) is 6.73. The van der Waals surface area contributed by atoms with Crippen LogP contribution in [-0.2, 0) is 15.7 Å². The number of phenols is 1. The third-order valence-corrected chi connectivity index (χ3v) is 4.40. The molecule has 4 nitrogen and oxygen atoms in total. The minimum atomic E-state index is -4.54. The average Bonchev–Trinajstić information content (AvgIpc) is 2.84. The summed E-state index contributed by atoms with van der Waals surface area (Å²) in [6.07, 6.45) is -3.16. The Labute approximate surface area is 159 Å². The van der Waals surface area contributed by atoms with Gasteiger partial charge in [-0.05, 0) is 70.1 Å². The first-order chi connectivity index (χ1) is 12.2. The van der Waals surface area contributed by atoms with Crippen LogP contribution in [0.15, 0.2) is 52.7 Å². The zero-order valence-electron chi connectivity index (χ0n) is 12.7. The van der Waals surface area contributed by atoms with Gasteiger partial charge in [-0.15, -0.1) is 0 Å². The van der Waals surface area contributed by atoms with Gasteiger partial charge < -0.3 is 9.84 Å². The molecule has 0 unspecified atom stereocenters. The zero-order chi connectivity index (χ0) is 19.1. The van der Waals surface area contributed by atoms with E-state index < -0.39 is 17.6 Å². The van der Waals surface area contributed by atoms with Crippen LogP contribution in [0.4, 0.5) is 18.9 Å². The molecule has 2 aromatic carbocycles. The van der Waals surface area contributed by atoms with E-state index in [4.69, 9.17) is 17.0 Å². The lowest BCUT2D eigenvalue weighted by molar-refractivity contribution is -0.137. The van der Waals surface area contributed by atoms with Crippen LogP contribution in [0, 0.1) is 0 Å². The molecule has 0 saturated carbocycles. The van der Waals surface area contributed by atoms with Crippen molar-refractivity contribution in [1.82, 2.24) is 0 Å². The standard InChI is InChI=1S/C17H9BrF3NO3S/c18-12-6-9(4-5-13(12)23)7-14-15(24)22(16(26)25-14)11-3-1-2-10(8-11)17(19,20)21/h1-8,23H. The Morgan fingerprint density at radius 2 is 1.92 bits per heavy atom. The van der Waals surface area contributed by atoms with Crippen LogP contribution in [0.3, 0.4) is 0 Å². The van der Waals surface area contributed by atoms with Crippen molar-refractivity contribution >= 4 is 51.0 Å². The normalized spacial score (nSPS) is 16.3. The molecule has 1 N–H and O–H groups in total. The topological polar surface area (TPSA) is 49.8 Å². The molecule has 9 heteroatoms. The van der Waals surface area contributed by atoms with Gasteiger partial charge in [-0.2, -0.15) is 13.2 Å². The minimum Gasteiger partial charge on any atom is -0.507 e. The van der Waals surface area contributed by atoms with E-state index in [1.807, 2.05) is 0 Å². The summed E-state index contributed by atoms with van der Waals surface area (Å²) in [4.78, 5) is 13.4. The zero-order valence-corrected chi connectivity index (χ0v) is 15.2. The first-order valence-electron chi connectivity index (χ1n) is 7.10. The number of thiocarbonyl (C=S) groups is 1. The lowest BCUT2D eigenvalue weighted by Gasteiger charge is -2.14. The van der Waals surface area contributed by atoms with Crippen molar-refractivity contribution < 1.29 is 27.8 Å². The van der Waals surface area contributed by atoms with Crippen molar-refractivity contribution in [2.45, 2.75) is 6.18 Å². The van der Waals surface area contributed by atoms with E-state index in [-0.39, 0.29) is 22.4 Å². The third-order valence-electron chi connectivity index (χ3n) is 3.49. The van der Waals surface area contributed by atoms with Crippen molar-refractivity contribution in [2.75, 3.05) is 4.90 Å². The summed E-state index contributed by atoms with van der Waals surface area (Å²) < 4.78 is 44.3. The fourth-order valence-corrected chi connectivity index (χ4v) is 2.95. The first-order valence-corrected chi connectivity index (χ1v) is 8.30. The molecule has 1 aliphatic heterocycles. The Hall–Kier alpha value is -2.39. The largest absolute Gasteiger partial charge is 0.507 e. The number of nitrogens with zero attached hydrogens (tertiary/aromatic N) is 1. The molecule has 0 radical (unpaired) electrons. The van der Waals surface area contributed by atoms with Crippen LogP contribution in [-0.4, -0.2) is 16.2 Å². The van der Waals surface area contributed by atoms with E-state index in [1.54, 1.807) is 12.1 Å². The number of benzene rings is 2. The Morgan fingerprint density at radius 3 is 2.58 bits per heavy atom. The number of hydrogen-bond acceptors (Lipinski definition) is 4. The van der Waals surface area contributed by atoms with Crippen molar-refractivity contribution in [3.05, 3.63) is 63.8 Å². The third kappa shape index (κ3) is 3.58. The number of hydrogen-bond donors (Lipinski definition) is 1. The number of anilines is 1. The number of phenolic OH excluding ortho intramolecular Hbond substituents is 1. The lowest BCUT2D eigenvalue weighted by atomic mass is 10.1. The molecule has 134 valence electrons. The van der Waals surface area contributed by atoms with Gasteiger partial charge in [0.05, 0.1) is 15.7 Å². The van der Waals surface area contributed by atoms with E-state index in [9.17, 15) is 23.1 Å². The molecule has 1 fully saturated rings. The number of ether oxygens (including phenoxy) is 1. The molecule has 0 aromatic heterocycles. The van der Waals surface area contributed by atoms with E-state index in [0.717, 1.165) is 17.0 Å². The van der Waals surface area contributed by atoms with E-state index in [0.29, 0.717) is 10.0 Å². The molecule has 0 atom stereocenters. The Balaban J connectivity index is 1.94. The number of amides is 1. The maximum absolute atomic E-state index is 12.9. The summed E-state index contributed by atoms with van der Waals surface area (Å²) in [6.45, 7) is 0. The lowest BCUT2D eigenvalue weighted by Crippen LogP contribution is -2.28. The molecule has 1 heterocycles. The van der Waals surface area contributed by atoms with Crippen LogP contribution in [0.1, 0.15) is 11.1 Å². The average molecular weight is 444 g/mol. The van der Waals surface area contributed by atoms with Crippen molar-refractivity contribution in [1.29, 1.82) is 0 Å². The number of rotatable bonds is 2. The Kier molecular flexibility index (Phi) is 4.76. The van der Waals surface area contributed by atoms with Gasteiger partial charge in [0.2, 0.25) is 0 Å². The first kappa shape index (κ1) is 18.4. The fraction of sp³-hybridized carbons (Fsp3) is 0.0588. The van der Waals surface area contributed by atoms with E-state index in [2.05, 4.69) is 15.9 Å². The van der Waals surface area contributed by atoms with Gasteiger partial charge >= 0.3 is 12.1 Å². The molecule has 0 bridgehead atoms. The van der Waals surface area contributed by atoms with Gasteiger partial charge in [0, 0.05) is 0 Å². The number of halogens is 4. The Morgan fingerprint density at radius 1 is 1.19 bits per heavy atom. The summed E-state index contributed by atoms with van der Waals surface area (Å²) in [6, 6.07) is 8.76. The predicted octanol–water partition coefficient (Wildman–Crippen LogP) is 4.86. The van der Waals surface area contributed by atoms with Crippen LogP contribution >= 0.6 is 28.1 Å². The van der Waals surface area contributed by atoms with Gasteiger partial charge in [-0.3, -0.25) is 4.79 Å². The number of alkyl halides is 3. The molecular formula is C17H9BrF3NO3S. The van der Waals surface area contributed by atoms with Crippen LogP contribution in [0.25, 0.3) is 6.08 Å². The van der Waals surface area contributed by atoms with Crippen LogP contribution in [0.2, 0.25) is 0 Å². The summed E-state index contributed by atoms with van der Waals surface area (Å²) in [5, 5.41) is 9.23. The quantitative estimate of drug-likeness (QED) is 0.531. The summed E-state index contributed by atoms with van der Waals surface area (Å²) in [7, 11) is 0. The summed E-state index contributed by atoms with van der Waals surface area (Å²) >= 11 is 8.14. The van der Waals surface area contributed by atoms with Gasteiger partial charge in [-0.25, -0.2) is 4.90 Å². The molecular weight excluding hydrogens is 435 g/mol. The maximum Gasteiger partial charge on any atom is 0.416 e. The SMILES string of the molecule is O=C1C(=Cc2ccc(O)c(Br)c2)OC(=S)N1c1cccc(C(F)(F)F)c1. The highest BCUT2D eigenvalue weighted by Crippen LogP contribution is 2.34. The number of carbonyl (C=O) groups is 1. The van der Waals surface area contributed by atoms with Crippen molar-refractivity contribution in [2.24, 2.45) is 0 Å². The second-order valence-electron chi connectivity index (χ2n) is 5.28. The van der Waals surface area contributed by atoms with Gasteiger partial charge in [0.25, 0.3) is 5.17 Å². The van der Waals surface area contributed by atoms with E-state index in [1.165, 1.54) is 24.3 Å². The summed E-state index contributed by atoms with van der Waals surface area (Å²) in [5.74, 6) is -0.796. The molecule has 1 saturated heterocycles. The minimum absolute atomic E-state index is 0.0203. The fourth-order valence-electron chi connectivity index (χ4n) is 2.28. The van der Waals surface area contributed by atoms with Gasteiger partial charge in [-0.1, -0.05) is 12.1 Å². The number of carbonyl (C=O) groups excluding carboxylic acids is 1. The van der Waals surface area contributed by atoms with Crippen molar-refractivity contribution in [3.63, 3.8) is 0 Å². The smallest absolute Gasteiger partial charge is 0.416 e. The van der Waals surface area contributed by atoms with E-state index >= 15 is 0 Å². The highest BCUT2D eigenvalue weighted by atomic mass is 79.9. The predicted molar refractivity (Wildman–Crippen MR) is 96.4 cm³/mol. The van der Waals surface area contributed by atoms with Crippen LogP contribution in [0.5, 0.6) is 5.75 Å². The molecule has 0 spiro atoms. The highest BCUT2D eigenvalue weighted by molar-refractivity contribution is 9.10. The van der Waals surface area contributed by atoms with Crippen molar-refractivity contribution in [3.8, 4) is 5.75 Å². The molecule has 3 rings (SSSR count). The summed E-state index contributed by atoms with van der Waals surface area (Å²) in [5.41, 5.74) is -0.401. The molecule has 0 aliphatic carbocycles. The van der Waals surface area contributed by atoms with Gasteiger partial charge in [0.1, 0.15) is 5.75 Å². The molecule has 1 amide bonds. The molecule has 2 aromatic rings. The van der Waals surface area contributed by atoms with Gasteiger partial charge in [0.15, 0.2) is 5.76 Å². The highest BCUT2D eigenvalue weighted by Gasteiger charge is 2.37. The maximum atomic E-state index is 12.9. The van der Waals surface area contributed by atoms with Crippen LogP contribution < -0.4 is 4.90 Å². The molecule has 1 aliphatic rings. The monoisotopic (exact) mass is 443 g/mol.